The second-order valence-electron chi connectivity index (χ2n) is 8.06. The van der Waals surface area contributed by atoms with E-state index in [-0.39, 0.29) is 11.2 Å². The average Bonchev–Trinajstić information content (AvgIpc) is 3.26. The monoisotopic (exact) mass is 430 g/mol. The SMILES string of the molecule is C=CCn1c(SCC(=O)C=C2N(C)c3ccccc3C2(C)C)nnc1-c1ccccc1. The molecule has 1 aliphatic heterocycles. The van der Waals surface area contributed by atoms with Crippen LogP contribution in [0.2, 0.25) is 0 Å². The fraction of sp³-hybridized carbons (Fsp3) is 0.240. The number of aromatic nitrogens is 3. The molecule has 0 radical (unpaired) electrons. The van der Waals surface area contributed by atoms with Gasteiger partial charge in [0.05, 0.1) is 5.75 Å². The molecule has 3 aromatic rings. The van der Waals surface area contributed by atoms with Crippen molar-refractivity contribution in [1.29, 1.82) is 0 Å². The minimum Gasteiger partial charge on any atom is -0.347 e. The van der Waals surface area contributed by atoms with Crippen molar-refractivity contribution < 1.29 is 4.79 Å². The first-order valence-electron chi connectivity index (χ1n) is 10.2. The first-order chi connectivity index (χ1) is 14.9. The van der Waals surface area contributed by atoms with Gasteiger partial charge in [-0.1, -0.05) is 80.2 Å². The lowest BCUT2D eigenvalue weighted by Gasteiger charge is -2.23. The van der Waals surface area contributed by atoms with Gasteiger partial charge < -0.3 is 4.90 Å². The largest absolute Gasteiger partial charge is 0.347 e. The van der Waals surface area contributed by atoms with Crippen molar-refractivity contribution in [3.8, 4) is 11.4 Å². The highest BCUT2D eigenvalue weighted by Crippen LogP contribution is 2.46. The highest BCUT2D eigenvalue weighted by molar-refractivity contribution is 7.99. The van der Waals surface area contributed by atoms with Crippen molar-refractivity contribution in [2.75, 3.05) is 17.7 Å². The lowest BCUT2D eigenvalue weighted by atomic mass is 9.83. The van der Waals surface area contributed by atoms with Crippen LogP contribution in [0, 0.1) is 0 Å². The summed E-state index contributed by atoms with van der Waals surface area (Å²) in [5.74, 6) is 1.14. The molecule has 0 aliphatic carbocycles. The van der Waals surface area contributed by atoms with Gasteiger partial charge in [-0.15, -0.1) is 16.8 Å². The van der Waals surface area contributed by atoms with Crippen LogP contribution in [0.15, 0.2) is 84.2 Å². The molecule has 5 nitrogen and oxygen atoms in total. The lowest BCUT2D eigenvalue weighted by molar-refractivity contribution is -0.112. The number of hydrogen-bond acceptors (Lipinski definition) is 5. The molecule has 31 heavy (non-hydrogen) atoms. The predicted octanol–water partition coefficient (Wildman–Crippen LogP) is 5.10. The number of allylic oxidation sites excluding steroid dienone is 3. The summed E-state index contributed by atoms with van der Waals surface area (Å²) in [6.45, 7) is 8.76. The van der Waals surface area contributed by atoms with E-state index < -0.39 is 0 Å². The summed E-state index contributed by atoms with van der Waals surface area (Å²) in [6, 6.07) is 18.2. The Bertz CT molecular complexity index is 1150. The topological polar surface area (TPSA) is 51.0 Å². The summed E-state index contributed by atoms with van der Waals surface area (Å²) in [7, 11) is 2.02. The zero-order valence-electron chi connectivity index (χ0n) is 18.1. The van der Waals surface area contributed by atoms with Gasteiger partial charge in [0.25, 0.3) is 0 Å². The lowest BCUT2D eigenvalue weighted by Crippen LogP contribution is -2.24. The molecule has 6 heteroatoms. The number of nitrogens with zero attached hydrogens (tertiary/aromatic N) is 4. The van der Waals surface area contributed by atoms with Crippen LogP contribution in [0.25, 0.3) is 11.4 Å². The van der Waals surface area contributed by atoms with Gasteiger partial charge in [-0.2, -0.15) is 0 Å². The van der Waals surface area contributed by atoms with Gasteiger partial charge in [-0.25, -0.2) is 0 Å². The number of benzene rings is 2. The third-order valence-electron chi connectivity index (χ3n) is 5.64. The maximum Gasteiger partial charge on any atom is 0.192 e. The molecule has 0 fully saturated rings. The van der Waals surface area contributed by atoms with Crippen molar-refractivity contribution in [2.45, 2.75) is 31.0 Å². The summed E-state index contributed by atoms with van der Waals surface area (Å²) in [5.41, 5.74) is 4.18. The molecule has 2 heterocycles. The van der Waals surface area contributed by atoms with E-state index in [2.05, 4.69) is 47.7 Å². The Labute approximate surface area is 187 Å². The Morgan fingerprint density at radius 2 is 1.81 bits per heavy atom. The summed E-state index contributed by atoms with van der Waals surface area (Å²) in [4.78, 5) is 15.0. The van der Waals surface area contributed by atoms with Crippen LogP contribution in [0.4, 0.5) is 5.69 Å². The first-order valence-corrected chi connectivity index (χ1v) is 11.2. The average molecular weight is 431 g/mol. The molecule has 0 unspecified atom stereocenters. The number of carbonyl (C=O) groups is 1. The van der Waals surface area contributed by atoms with Crippen LogP contribution in [0.5, 0.6) is 0 Å². The normalized spacial score (nSPS) is 15.8. The molecule has 0 N–H and O–H groups in total. The van der Waals surface area contributed by atoms with E-state index in [1.165, 1.54) is 17.3 Å². The second kappa shape index (κ2) is 8.55. The van der Waals surface area contributed by atoms with Crippen LogP contribution in [-0.4, -0.2) is 33.3 Å². The molecule has 0 atom stereocenters. The number of fused-ring (bicyclic) bond motifs is 1. The van der Waals surface area contributed by atoms with E-state index in [1.807, 2.05) is 60.2 Å². The molecule has 0 saturated heterocycles. The molecule has 2 aromatic carbocycles. The molecule has 4 rings (SSSR count). The summed E-state index contributed by atoms with van der Waals surface area (Å²) >= 11 is 1.41. The van der Waals surface area contributed by atoms with Crippen molar-refractivity contribution in [1.82, 2.24) is 14.8 Å². The van der Waals surface area contributed by atoms with E-state index in [1.54, 1.807) is 6.08 Å². The smallest absolute Gasteiger partial charge is 0.192 e. The van der Waals surface area contributed by atoms with E-state index >= 15 is 0 Å². The molecule has 0 bridgehead atoms. The van der Waals surface area contributed by atoms with E-state index in [4.69, 9.17) is 0 Å². The van der Waals surface area contributed by atoms with Crippen LogP contribution >= 0.6 is 11.8 Å². The zero-order valence-corrected chi connectivity index (χ0v) is 18.9. The molecule has 0 saturated carbocycles. The summed E-state index contributed by atoms with van der Waals surface area (Å²) in [5, 5.41) is 9.41. The van der Waals surface area contributed by atoms with Crippen molar-refractivity contribution in [3.63, 3.8) is 0 Å². The fourth-order valence-corrected chi connectivity index (χ4v) is 4.85. The molecular weight excluding hydrogens is 404 g/mol. The van der Waals surface area contributed by atoms with Gasteiger partial charge in [0, 0.05) is 42.0 Å². The summed E-state index contributed by atoms with van der Waals surface area (Å²) in [6.07, 6.45) is 3.59. The highest BCUT2D eigenvalue weighted by atomic mass is 32.2. The van der Waals surface area contributed by atoms with Gasteiger partial charge in [0.2, 0.25) is 0 Å². The van der Waals surface area contributed by atoms with Gasteiger partial charge in [0.15, 0.2) is 16.8 Å². The van der Waals surface area contributed by atoms with Crippen molar-refractivity contribution >= 4 is 23.2 Å². The molecule has 158 valence electrons. The maximum atomic E-state index is 12.9. The van der Waals surface area contributed by atoms with Crippen molar-refractivity contribution in [2.24, 2.45) is 0 Å². The number of ketones is 1. The van der Waals surface area contributed by atoms with Gasteiger partial charge in [-0.05, 0) is 11.6 Å². The zero-order chi connectivity index (χ0) is 22.0. The number of para-hydroxylation sites is 1. The minimum atomic E-state index is -0.213. The fourth-order valence-electron chi connectivity index (χ4n) is 4.08. The molecule has 1 aromatic heterocycles. The highest BCUT2D eigenvalue weighted by Gasteiger charge is 2.38. The number of rotatable bonds is 7. The van der Waals surface area contributed by atoms with Gasteiger partial charge in [0.1, 0.15) is 0 Å². The van der Waals surface area contributed by atoms with Crippen LogP contribution in [0.3, 0.4) is 0 Å². The Hall–Kier alpha value is -3.12. The number of anilines is 1. The van der Waals surface area contributed by atoms with E-state index in [9.17, 15) is 4.79 Å². The van der Waals surface area contributed by atoms with E-state index in [0.717, 1.165) is 22.8 Å². The maximum absolute atomic E-state index is 12.9. The summed E-state index contributed by atoms with van der Waals surface area (Å²) < 4.78 is 1.99. The third kappa shape index (κ3) is 3.95. The Morgan fingerprint density at radius 3 is 2.52 bits per heavy atom. The molecule has 0 spiro atoms. The Kier molecular flexibility index (Phi) is 5.83. The number of hydrogen-bond donors (Lipinski definition) is 0. The van der Waals surface area contributed by atoms with E-state index in [0.29, 0.717) is 17.5 Å². The quantitative estimate of drug-likeness (QED) is 0.296. The van der Waals surface area contributed by atoms with Crippen LogP contribution in [-0.2, 0) is 16.8 Å². The van der Waals surface area contributed by atoms with Gasteiger partial charge in [-0.3, -0.25) is 9.36 Å². The number of carbonyl (C=O) groups excluding carboxylic acids is 1. The van der Waals surface area contributed by atoms with Gasteiger partial charge >= 0.3 is 0 Å². The number of likely N-dealkylation sites (N-methyl/N-ethyl adjacent to an activating group) is 1. The molecule has 1 aliphatic rings. The standard InChI is InChI=1S/C25H26N4OS/c1-5-15-29-23(18-11-7-6-8-12-18)26-27-24(29)31-17-19(30)16-22-25(2,3)20-13-9-10-14-21(20)28(22)4/h5-14,16H,1,15,17H2,2-4H3. The third-order valence-corrected chi connectivity index (χ3v) is 6.63. The minimum absolute atomic E-state index is 0.0575. The van der Waals surface area contributed by atoms with Crippen LogP contribution in [0.1, 0.15) is 19.4 Å². The first kappa shape index (κ1) is 21.1. The molecular formula is C25H26N4OS. The Morgan fingerprint density at radius 1 is 1.10 bits per heavy atom. The van der Waals surface area contributed by atoms with Crippen molar-refractivity contribution in [3.05, 3.63) is 84.6 Å². The number of thioether (sulfide) groups is 1. The van der Waals surface area contributed by atoms with Crippen LogP contribution < -0.4 is 4.90 Å². The second-order valence-corrected chi connectivity index (χ2v) is 9.00. The predicted molar refractivity (Wildman–Crippen MR) is 127 cm³/mol. The Balaban J connectivity index is 1.54. The molecule has 0 amide bonds.